The average molecular weight is 505 g/mol. The Morgan fingerprint density at radius 3 is 1.86 bits per heavy atom. The third-order valence-corrected chi connectivity index (χ3v) is 5.38. The normalized spacial score (nSPS) is 11.9. The quantitative estimate of drug-likeness (QED) is 0.333. The summed E-state index contributed by atoms with van der Waals surface area (Å²) >= 11 is 0. The van der Waals surface area contributed by atoms with Gasteiger partial charge in [-0.2, -0.15) is 26.3 Å². The van der Waals surface area contributed by atoms with E-state index in [9.17, 15) is 31.1 Å². The Morgan fingerprint density at radius 2 is 1.40 bits per heavy atom. The molecule has 0 N–H and O–H groups in total. The summed E-state index contributed by atoms with van der Waals surface area (Å²) in [5.41, 5.74) is -0.680. The summed E-state index contributed by atoms with van der Waals surface area (Å²) in [4.78, 5) is 15.8. The number of anilines is 1. The molecular weight excluding hydrogens is 474 g/mol. The van der Waals surface area contributed by atoms with E-state index in [1.807, 2.05) is 39.0 Å². The van der Waals surface area contributed by atoms with Gasteiger partial charge in [-0.05, 0) is 55.2 Å². The first-order valence-corrected chi connectivity index (χ1v) is 11.3. The van der Waals surface area contributed by atoms with Crippen LogP contribution in [0.2, 0.25) is 0 Å². The van der Waals surface area contributed by atoms with Crippen LogP contribution in [0.1, 0.15) is 54.5 Å². The van der Waals surface area contributed by atoms with Crippen LogP contribution in [-0.4, -0.2) is 31.2 Å². The van der Waals surface area contributed by atoms with Gasteiger partial charge in [0, 0.05) is 25.3 Å². The molecule has 0 atom stereocenters. The lowest BCUT2D eigenvalue weighted by Crippen LogP contribution is -2.32. The van der Waals surface area contributed by atoms with E-state index in [2.05, 4.69) is 4.90 Å². The van der Waals surface area contributed by atoms with Gasteiger partial charge in [-0.1, -0.05) is 31.5 Å². The zero-order valence-electron chi connectivity index (χ0n) is 20.2. The molecule has 194 valence electrons. The topological polar surface area (TPSA) is 32.8 Å². The molecule has 0 radical (unpaired) electrons. The van der Waals surface area contributed by atoms with Crippen LogP contribution in [0, 0.1) is 6.92 Å². The number of nitrogens with zero attached hydrogens (tertiary/aromatic N) is 2. The van der Waals surface area contributed by atoms with Gasteiger partial charge in [0.1, 0.15) is 0 Å². The Labute approximate surface area is 201 Å². The monoisotopic (exact) mass is 504 g/mol. The minimum atomic E-state index is -4.98. The first-order chi connectivity index (χ1) is 16.3. The minimum absolute atomic E-state index is 0.0504. The molecule has 0 fully saturated rings. The lowest BCUT2D eigenvalue weighted by Gasteiger charge is -2.29. The average Bonchev–Trinajstić information content (AvgIpc) is 2.77. The summed E-state index contributed by atoms with van der Waals surface area (Å²) in [6.07, 6.45) is -9.06. The second kappa shape index (κ2) is 11.7. The van der Waals surface area contributed by atoms with Gasteiger partial charge in [-0.3, -0.25) is 4.90 Å². The van der Waals surface area contributed by atoms with Gasteiger partial charge in [0.15, 0.2) is 0 Å². The maximum Gasteiger partial charge on any atom is 0.416 e. The smallest absolute Gasteiger partial charge is 0.416 e. The van der Waals surface area contributed by atoms with Crippen molar-refractivity contribution in [2.24, 2.45) is 0 Å². The predicted molar refractivity (Wildman–Crippen MR) is 122 cm³/mol. The number of aryl methyl sites for hydroxylation is 1. The highest BCUT2D eigenvalue weighted by Gasteiger charge is 2.37. The number of carbonyl (C=O) groups excluding carboxylic acids is 1. The number of carbonyl (C=O) groups is 1. The van der Waals surface area contributed by atoms with Crippen molar-refractivity contribution in [3.63, 3.8) is 0 Å². The maximum absolute atomic E-state index is 13.3. The Kier molecular flexibility index (Phi) is 9.45. The molecule has 2 aromatic carbocycles. The molecule has 0 aliphatic carbocycles. The molecule has 2 aromatic rings. The van der Waals surface area contributed by atoms with E-state index >= 15 is 0 Å². The number of halogens is 6. The van der Waals surface area contributed by atoms with Gasteiger partial charge in [0.25, 0.3) is 0 Å². The fourth-order valence-electron chi connectivity index (χ4n) is 3.89. The van der Waals surface area contributed by atoms with E-state index < -0.39 is 36.1 Å². The molecule has 0 aliphatic heterocycles. The predicted octanol–water partition coefficient (Wildman–Crippen LogP) is 7.43. The van der Waals surface area contributed by atoms with E-state index in [1.54, 1.807) is 0 Å². The molecule has 0 saturated carbocycles. The van der Waals surface area contributed by atoms with Crippen molar-refractivity contribution in [2.45, 2.75) is 59.1 Å². The Bertz CT molecular complexity index is 966. The van der Waals surface area contributed by atoms with Crippen molar-refractivity contribution in [3.05, 3.63) is 64.2 Å². The molecule has 35 heavy (non-hydrogen) atoms. The Morgan fingerprint density at radius 1 is 0.857 bits per heavy atom. The van der Waals surface area contributed by atoms with Crippen LogP contribution in [0.5, 0.6) is 0 Å². The van der Waals surface area contributed by atoms with Crippen LogP contribution >= 0.6 is 0 Å². The van der Waals surface area contributed by atoms with Crippen molar-refractivity contribution in [2.75, 3.05) is 25.1 Å². The van der Waals surface area contributed by atoms with Gasteiger partial charge in [0.05, 0.1) is 24.8 Å². The number of alkyl halides is 6. The van der Waals surface area contributed by atoms with Crippen LogP contribution < -0.4 is 4.90 Å². The number of amides is 1. The highest BCUT2D eigenvalue weighted by molar-refractivity contribution is 5.68. The lowest BCUT2D eigenvalue weighted by atomic mass is 10.0. The van der Waals surface area contributed by atoms with Crippen LogP contribution in [0.3, 0.4) is 0 Å². The number of hydrogen-bond acceptors (Lipinski definition) is 3. The van der Waals surface area contributed by atoms with Crippen LogP contribution in [0.25, 0.3) is 0 Å². The van der Waals surface area contributed by atoms with Crippen molar-refractivity contribution < 1.29 is 35.9 Å². The van der Waals surface area contributed by atoms with E-state index in [4.69, 9.17) is 4.74 Å². The third-order valence-electron chi connectivity index (χ3n) is 5.38. The molecule has 0 bridgehead atoms. The largest absolute Gasteiger partial charge is 0.453 e. The van der Waals surface area contributed by atoms with Gasteiger partial charge in [0.2, 0.25) is 0 Å². The van der Waals surface area contributed by atoms with Crippen LogP contribution in [0.15, 0.2) is 36.4 Å². The summed E-state index contributed by atoms with van der Waals surface area (Å²) in [5, 5.41) is 0. The number of benzene rings is 2. The van der Waals surface area contributed by atoms with E-state index in [1.165, 1.54) is 0 Å². The molecule has 0 unspecified atom stereocenters. The maximum atomic E-state index is 13.3. The van der Waals surface area contributed by atoms with Crippen molar-refractivity contribution in [1.82, 2.24) is 4.90 Å². The van der Waals surface area contributed by atoms with E-state index in [0.29, 0.717) is 12.1 Å². The fraction of sp³-hybridized carbons (Fsp3) is 0.480. The van der Waals surface area contributed by atoms with Gasteiger partial charge in [-0.25, -0.2) is 4.79 Å². The van der Waals surface area contributed by atoms with Gasteiger partial charge < -0.3 is 9.64 Å². The molecule has 0 heterocycles. The van der Waals surface area contributed by atoms with Gasteiger partial charge >= 0.3 is 18.4 Å². The molecule has 0 saturated heterocycles. The second-order valence-electron chi connectivity index (χ2n) is 8.36. The molecule has 0 spiro atoms. The first-order valence-electron chi connectivity index (χ1n) is 11.3. The van der Waals surface area contributed by atoms with Gasteiger partial charge in [-0.15, -0.1) is 0 Å². The molecule has 0 aromatic heterocycles. The first kappa shape index (κ1) is 28.3. The third kappa shape index (κ3) is 7.80. The summed E-state index contributed by atoms with van der Waals surface area (Å²) in [6, 6.07) is 7.01. The summed E-state index contributed by atoms with van der Waals surface area (Å²) in [7, 11) is 1.11. The minimum Gasteiger partial charge on any atom is -0.453 e. The lowest BCUT2D eigenvalue weighted by molar-refractivity contribution is -0.143. The summed E-state index contributed by atoms with van der Waals surface area (Å²) in [5.74, 6) is 0. The standard InChI is InChI=1S/C25H30F6N2O2/c1-5-9-32(10-6-2)22-8-7-17(3)11-19(22)16-33(23(34)35-4)15-18-12-20(24(26,27)28)14-21(13-18)25(29,30)31/h7-8,11-14H,5-6,9-10,15-16H2,1-4H3. The second-order valence-corrected chi connectivity index (χ2v) is 8.36. The fourth-order valence-corrected chi connectivity index (χ4v) is 3.89. The van der Waals surface area contributed by atoms with Crippen molar-refractivity contribution in [1.29, 1.82) is 0 Å². The Balaban J connectivity index is 2.51. The van der Waals surface area contributed by atoms with Crippen molar-refractivity contribution >= 4 is 11.8 Å². The summed E-state index contributed by atoms with van der Waals surface area (Å²) < 4.78 is 84.6. The van der Waals surface area contributed by atoms with E-state index in [0.717, 1.165) is 54.8 Å². The number of hydrogen-bond donors (Lipinski definition) is 0. The van der Waals surface area contributed by atoms with Crippen LogP contribution in [-0.2, 0) is 30.2 Å². The molecule has 2 rings (SSSR count). The number of methoxy groups -OCH3 is 1. The van der Waals surface area contributed by atoms with Crippen molar-refractivity contribution in [3.8, 4) is 0 Å². The zero-order chi connectivity index (χ0) is 26.4. The highest BCUT2D eigenvalue weighted by atomic mass is 19.4. The van der Waals surface area contributed by atoms with Crippen LogP contribution in [0.4, 0.5) is 36.8 Å². The number of ether oxygens (including phenoxy) is 1. The summed E-state index contributed by atoms with van der Waals surface area (Å²) in [6.45, 7) is 6.89. The number of rotatable bonds is 9. The Hall–Kier alpha value is -2.91. The molecular formula is C25H30F6N2O2. The highest BCUT2D eigenvalue weighted by Crippen LogP contribution is 2.37. The van der Waals surface area contributed by atoms with E-state index in [-0.39, 0.29) is 18.2 Å². The molecule has 1 amide bonds. The zero-order valence-corrected chi connectivity index (χ0v) is 20.2. The SMILES string of the molecule is CCCN(CCC)c1ccc(C)cc1CN(Cc1cc(C(F)(F)F)cc(C(F)(F)F)c1)C(=O)OC. The molecule has 0 aliphatic rings. The molecule has 4 nitrogen and oxygen atoms in total. The molecule has 10 heteroatoms.